The molecule has 0 aromatic rings. The van der Waals surface area contributed by atoms with Crippen LogP contribution in [0.1, 0.15) is 52.9 Å². The second-order valence-electron chi connectivity index (χ2n) is 8.71. The molecule has 136 valence electrons. The summed E-state index contributed by atoms with van der Waals surface area (Å²) in [6.07, 6.45) is 4.49. The maximum absolute atomic E-state index is 12.5. The van der Waals surface area contributed by atoms with Crippen LogP contribution in [0, 0.1) is 11.8 Å². The SMILES string of the molecule is CC(C)(C)OC(=O)N1[C@@H]2CC[C@H]1CC(CN1CC(CN)CC1=O)C2. The molecule has 0 spiro atoms. The van der Waals surface area contributed by atoms with Gasteiger partial charge >= 0.3 is 6.09 Å². The van der Waals surface area contributed by atoms with E-state index in [0.717, 1.165) is 38.8 Å². The number of hydrogen-bond donors (Lipinski definition) is 1. The van der Waals surface area contributed by atoms with Crippen LogP contribution in [0.25, 0.3) is 0 Å². The summed E-state index contributed by atoms with van der Waals surface area (Å²) in [4.78, 5) is 28.6. The maximum atomic E-state index is 12.5. The Bertz CT molecular complexity index is 488. The third kappa shape index (κ3) is 3.68. The number of carbonyl (C=O) groups excluding carboxylic acids is 2. The van der Waals surface area contributed by atoms with Crippen molar-refractivity contribution < 1.29 is 14.3 Å². The molecule has 0 aromatic carbocycles. The minimum atomic E-state index is -0.452. The summed E-state index contributed by atoms with van der Waals surface area (Å²) in [5.74, 6) is 1.05. The van der Waals surface area contributed by atoms with Crippen LogP contribution in [0.15, 0.2) is 0 Å². The highest BCUT2D eigenvalue weighted by atomic mass is 16.6. The van der Waals surface area contributed by atoms with E-state index in [1.54, 1.807) is 0 Å². The molecule has 3 rings (SSSR count). The van der Waals surface area contributed by atoms with Gasteiger partial charge in [0, 0.05) is 31.6 Å². The van der Waals surface area contributed by atoms with Gasteiger partial charge in [0.2, 0.25) is 5.91 Å². The van der Waals surface area contributed by atoms with E-state index in [-0.39, 0.29) is 24.1 Å². The minimum Gasteiger partial charge on any atom is -0.444 e. The van der Waals surface area contributed by atoms with Gasteiger partial charge in [-0.1, -0.05) is 0 Å². The highest BCUT2D eigenvalue weighted by Gasteiger charge is 2.45. The molecule has 3 saturated heterocycles. The zero-order chi connectivity index (χ0) is 17.5. The molecule has 0 aliphatic carbocycles. The average molecular weight is 337 g/mol. The molecule has 3 aliphatic rings. The number of hydrogen-bond acceptors (Lipinski definition) is 4. The number of amides is 2. The normalized spacial score (nSPS) is 33.2. The van der Waals surface area contributed by atoms with Gasteiger partial charge in [-0.05, 0) is 64.8 Å². The lowest BCUT2D eigenvalue weighted by Crippen LogP contribution is -2.50. The Kier molecular flexibility index (Phi) is 4.78. The van der Waals surface area contributed by atoms with Gasteiger partial charge in [0.05, 0.1) is 0 Å². The van der Waals surface area contributed by atoms with Crippen molar-refractivity contribution in [2.75, 3.05) is 19.6 Å². The fourth-order valence-corrected chi connectivity index (χ4v) is 4.55. The standard InChI is InChI=1S/C18H31N3O3/c1-18(2,3)24-17(23)21-14-4-5-15(21)7-12(6-14)10-20-11-13(9-19)8-16(20)22/h12-15H,4-11,19H2,1-3H3/t12?,13?,14-,15+. The molecule has 2 N–H and O–H groups in total. The molecule has 4 atom stereocenters. The van der Waals surface area contributed by atoms with E-state index in [1.807, 2.05) is 30.6 Å². The third-order valence-electron chi connectivity index (χ3n) is 5.54. The van der Waals surface area contributed by atoms with Crippen molar-refractivity contribution in [3.05, 3.63) is 0 Å². The molecule has 0 saturated carbocycles. The van der Waals surface area contributed by atoms with E-state index in [2.05, 4.69) is 0 Å². The van der Waals surface area contributed by atoms with Gasteiger partial charge in [0.25, 0.3) is 0 Å². The zero-order valence-electron chi connectivity index (χ0n) is 15.2. The Morgan fingerprint density at radius 3 is 2.33 bits per heavy atom. The second kappa shape index (κ2) is 6.54. The van der Waals surface area contributed by atoms with E-state index < -0.39 is 5.60 Å². The molecule has 24 heavy (non-hydrogen) atoms. The van der Waals surface area contributed by atoms with Gasteiger partial charge in [-0.3, -0.25) is 4.79 Å². The molecule has 2 unspecified atom stereocenters. The summed E-state index contributed by atoms with van der Waals surface area (Å²) < 4.78 is 5.58. The number of nitrogens with two attached hydrogens (primary N) is 1. The van der Waals surface area contributed by atoms with Crippen LogP contribution in [0.3, 0.4) is 0 Å². The lowest BCUT2D eigenvalue weighted by Gasteiger charge is -2.40. The molecule has 3 heterocycles. The average Bonchev–Trinajstić information content (AvgIpc) is 2.95. The lowest BCUT2D eigenvalue weighted by molar-refractivity contribution is -0.128. The number of fused-ring (bicyclic) bond motifs is 2. The highest BCUT2D eigenvalue weighted by molar-refractivity contribution is 5.78. The Morgan fingerprint density at radius 2 is 1.83 bits per heavy atom. The van der Waals surface area contributed by atoms with Crippen LogP contribution in [-0.2, 0) is 9.53 Å². The number of nitrogens with zero attached hydrogens (tertiary/aromatic N) is 2. The van der Waals surface area contributed by atoms with Crippen molar-refractivity contribution >= 4 is 12.0 Å². The maximum Gasteiger partial charge on any atom is 0.410 e. The molecule has 0 radical (unpaired) electrons. The van der Waals surface area contributed by atoms with E-state index in [1.165, 1.54) is 0 Å². The van der Waals surface area contributed by atoms with Crippen LogP contribution >= 0.6 is 0 Å². The van der Waals surface area contributed by atoms with Crippen LogP contribution < -0.4 is 5.73 Å². The Balaban J connectivity index is 1.57. The van der Waals surface area contributed by atoms with E-state index in [4.69, 9.17) is 10.5 Å². The molecule has 6 nitrogen and oxygen atoms in total. The van der Waals surface area contributed by atoms with E-state index >= 15 is 0 Å². The van der Waals surface area contributed by atoms with E-state index in [0.29, 0.717) is 24.8 Å². The number of ether oxygens (including phenoxy) is 1. The summed E-state index contributed by atoms with van der Waals surface area (Å²) in [7, 11) is 0. The van der Waals surface area contributed by atoms with Gasteiger partial charge in [0.1, 0.15) is 5.60 Å². The topological polar surface area (TPSA) is 75.9 Å². The van der Waals surface area contributed by atoms with Crippen LogP contribution in [0.2, 0.25) is 0 Å². The Labute approximate surface area is 144 Å². The van der Waals surface area contributed by atoms with Crippen LogP contribution in [-0.4, -0.2) is 59.1 Å². The minimum absolute atomic E-state index is 0.172. The largest absolute Gasteiger partial charge is 0.444 e. The highest BCUT2D eigenvalue weighted by Crippen LogP contribution is 2.40. The summed E-state index contributed by atoms with van der Waals surface area (Å²) >= 11 is 0. The monoisotopic (exact) mass is 337 g/mol. The van der Waals surface area contributed by atoms with Crippen molar-refractivity contribution in [2.24, 2.45) is 17.6 Å². The number of piperidine rings is 1. The summed E-state index contributed by atoms with van der Waals surface area (Å²) in [6.45, 7) is 7.94. The molecule has 2 bridgehead atoms. The number of rotatable bonds is 3. The summed E-state index contributed by atoms with van der Waals surface area (Å²) in [5.41, 5.74) is 5.26. The van der Waals surface area contributed by atoms with Gasteiger partial charge in [-0.2, -0.15) is 0 Å². The number of likely N-dealkylation sites (tertiary alicyclic amines) is 1. The van der Waals surface area contributed by atoms with Crippen LogP contribution in [0.5, 0.6) is 0 Å². The first-order chi connectivity index (χ1) is 11.3. The van der Waals surface area contributed by atoms with Crippen molar-refractivity contribution in [1.29, 1.82) is 0 Å². The Hall–Kier alpha value is -1.30. The van der Waals surface area contributed by atoms with Crippen molar-refractivity contribution in [3.63, 3.8) is 0 Å². The second-order valence-corrected chi connectivity index (χ2v) is 8.71. The van der Waals surface area contributed by atoms with E-state index in [9.17, 15) is 9.59 Å². The first kappa shape index (κ1) is 17.5. The lowest BCUT2D eigenvalue weighted by atomic mass is 9.90. The summed E-state index contributed by atoms with van der Waals surface area (Å²) in [5, 5.41) is 0. The summed E-state index contributed by atoms with van der Waals surface area (Å²) in [6, 6.07) is 0.540. The molecule has 3 fully saturated rings. The van der Waals surface area contributed by atoms with Crippen LogP contribution in [0.4, 0.5) is 4.79 Å². The fraction of sp³-hybridized carbons (Fsp3) is 0.889. The molecule has 0 aromatic heterocycles. The first-order valence-electron chi connectivity index (χ1n) is 9.26. The van der Waals surface area contributed by atoms with Crippen molar-refractivity contribution in [2.45, 2.75) is 70.6 Å². The predicted octanol–water partition coefficient (Wildman–Crippen LogP) is 1.97. The molecular formula is C18H31N3O3. The smallest absolute Gasteiger partial charge is 0.410 e. The predicted molar refractivity (Wildman–Crippen MR) is 91.3 cm³/mol. The quantitative estimate of drug-likeness (QED) is 0.854. The van der Waals surface area contributed by atoms with Crippen molar-refractivity contribution in [1.82, 2.24) is 9.80 Å². The number of carbonyl (C=O) groups is 2. The zero-order valence-corrected chi connectivity index (χ0v) is 15.2. The first-order valence-corrected chi connectivity index (χ1v) is 9.26. The molecule has 6 heteroatoms. The fourth-order valence-electron chi connectivity index (χ4n) is 4.55. The Morgan fingerprint density at radius 1 is 1.21 bits per heavy atom. The van der Waals surface area contributed by atoms with Gasteiger partial charge in [-0.15, -0.1) is 0 Å². The van der Waals surface area contributed by atoms with Gasteiger partial charge in [0.15, 0.2) is 0 Å². The van der Waals surface area contributed by atoms with Gasteiger partial charge in [-0.25, -0.2) is 4.79 Å². The molecule has 2 amide bonds. The van der Waals surface area contributed by atoms with Gasteiger partial charge < -0.3 is 20.3 Å². The molecule has 3 aliphatic heterocycles. The van der Waals surface area contributed by atoms with Crippen molar-refractivity contribution in [3.8, 4) is 0 Å². The third-order valence-corrected chi connectivity index (χ3v) is 5.54. The molecular weight excluding hydrogens is 306 g/mol.